The van der Waals surface area contributed by atoms with E-state index in [1.54, 1.807) is 38.1 Å². The minimum absolute atomic E-state index is 0.0999. The van der Waals surface area contributed by atoms with Gasteiger partial charge in [-0.1, -0.05) is 27.7 Å². The summed E-state index contributed by atoms with van der Waals surface area (Å²) in [6.07, 6.45) is 1.12. The van der Waals surface area contributed by atoms with E-state index in [4.69, 9.17) is 11.5 Å². The molecule has 0 bridgehead atoms. The molecular weight excluding hydrogens is 628 g/mol. The number of hydrogen-bond donors (Lipinski definition) is 4. The molecule has 2 aliphatic carbocycles. The number of nitrogens with two attached hydrogens (primary N) is 2. The third-order valence-electron chi connectivity index (χ3n) is 10.6. The Morgan fingerprint density at radius 1 is 0.653 bits per heavy atom. The number of aromatic hydroxyl groups is 2. The second-order valence-corrected chi connectivity index (χ2v) is 14.5. The third-order valence-corrected chi connectivity index (χ3v) is 10.6. The van der Waals surface area contributed by atoms with E-state index in [0.29, 0.717) is 12.8 Å². The van der Waals surface area contributed by atoms with Gasteiger partial charge in [-0.05, 0) is 107 Å². The van der Waals surface area contributed by atoms with E-state index in [-0.39, 0.29) is 67.4 Å². The number of benzene rings is 4. The molecule has 6 N–H and O–H groups in total. The van der Waals surface area contributed by atoms with Crippen LogP contribution in [0.4, 0.5) is 11.4 Å². The van der Waals surface area contributed by atoms with Crippen LogP contribution in [0.5, 0.6) is 11.5 Å². The molecule has 12 nitrogen and oxygen atoms in total. The Morgan fingerprint density at radius 3 is 1.31 bits per heavy atom. The Labute approximate surface area is 281 Å². The summed E-state index contributed by atoms with van der Waals surface area (Å²) in [5.74, 6) is -1.94. The van der Waals surface area contributed by atoms with Crippen LogP contribution in [0.2, 0.25) is 0 Å². The van der Waals surface area contributed by atoms with Crippen LogP contribution < -0.4 is 11.5 Å². The van der Waals surface area contributed by atoms with Gasteiger partial charge >= 0.3 is 0 Å². The first-order chi connectivity index (χ1) is 22.7. The first-order valence-electron chi connectivity index (χ1n) is 15.7. The molecule has 49 heavy (non-hydrogen) atoms. The van der Waals surface area contributed by atoms with Gasteiger partial charge in [-0.2, -0.15) is 0 Å². The normalized spacial score (nSPS) is 16.3. The van der Waals surface area contributed by atoms with Gasteiger partial charge in [0.15, 0.2) is 0 Å². The lowest BCUT2D eigenvalue weighted by molar-refractivity contribution is -0.384. The molecule has 2 amide bonds. The number of carbonyl (C=O) groups excluding carboxylic acids is 2. The van der Waals surface area contributed by atoms with Crippen molar-refractivity contribution in [1.82, 2.24) is 0 Å². The van der Waals surface area contributed by atoms with Crippen molar-refractivity contribution >= 4 is 23.2 Å². The minimum Gasteiger partial charge on any atom is -0.507 e. The summed E-state index contributed by atoms with van der Waals surface area (Å²) in [6.45, 7) is 11.3. The van der Waals surface area contributed by atoms with Gasteiger partial charge in [-0.25, -0.2) is 0 Å². The number of amides is 2. The van der Waals surface area contributed by atoms with Gasteiger partial charge in [0, 0.05) is 39.8 Å². The lowest BCUT2D eigenvalue weighted by Crippen LogP contribution is -2.26. The van der Waals surface area contributed by atoms with Crippen molar-refractivity contribution in [1.29, 1.82) is 0 Å². The summed E-state index contributed by atoms with van der Waals surface area (Å²) >= 11 is 0. The zero-order valence-electron chi connectivity index (χ0n) is 27.9. The summed E-state index contributed by atoms with van der Waals surface area (Å²) in [5.41, 5.74) is 13.5. The van der Waals surface area contributed by atoms with E-state index in [9.17, 15) is 40.0 Å². The van der Waals surface area contributed by atoms with E-state index >= 15 is 0 Å². The first kappa shape index (κ1) is 33.1. The minimum atomic E-state index is -0.751. The molecule has 0 heterocycles. The van der Waals surface area contributed by atoms with Gasteiger partial charge in [0.05, 0.1) is 21.0 Å². The highest BCUT2D eigenvalue weighted by molar-refractivity contribution is 5.99. The summed E-state index contributed by atoms with van der Waals surface area (Å²) in [6, 6.07) is 11.8. The van der Waals surface area contributed by atoms with Crippen molar-refractivity contribution < 1.29 is 29.6 Å². The van der Waals surface area contributed by atoms with Crippen molar-refractivity contribution in [2.75, 3.05) is 0 Å². The highest BCUT2D eigenvalue weighted by Gasteiger charge is 2.57. The second kappa shape index (κ2) is 10.6. The van der Waals surface area contributed by atoms with Crippen molar-refractivity contribution in [3.8, 4) is 33.8 Å². The van der Waals surface area contributed by atoms with Gasteiger partial charge in [0.1, 0.15) is 11.5 Å². The summed E-state index contributed by atoms with van der Waals surface area (Å²) in [4.78, 5) is 47.5. The van der Waals surface area contributed by atoms with Gasteiger partial charge in [0.2, 0.25) is 11.8 Å². The fraction of sp³-hybridized carbons (Fsp3) is 0.297. The number of primary amides is 2. The number of rotatable bonds is 6. The van der Waals surface area contributed by atoms with Crippen LogP contribution in [-0.4, -0.2) is 31.9 Å². The lowest BCUT2D eigenvalue weighted by Gasteiger charge is -2.30. The van der Waals surface area contributed by atoms with Gasteiger partial charge in [0.25, 0.3) is 11.4 Å². The van der Waals surface area contributed by atoms with E-state index in [0.717, 1.165) is 22.3 Å². The number of nitro benzene ring substituents is 2. The molecule has 4 aromatic rings. The van der Waals surface area contributed by atoms with Crippen LogP contribution in [0.25, 0.3) is 22.3 Å². The molecule has 0 radical (unpaired) electrons. The fourth-order valence-corrected chi connectivity index (χ4v) is 8.69. The maximum atomic E-state index is 12.2. The monoisotopic (exact) mass is 664 g/mol. The van der Waals surface area contributed by atoms with Crippen molar-refractivity contribution in [2.24, 2.45) is 11.5 Å². The summed E-state index contributed by atoms with van der Waals surface area (Å²) < 4.78 is 0. The number of phenols is 2. The fourth-order valence-electron chi connectivity index (χ4n) is 8.69. The predicted molar refractivity (Wildman–Crippen MR) is 183 cm³/mol. The van der Waals surface area contributed by atoms with E-state index in [1.165, 1.54) is 24.3 Å². The Kier molecular flexibility index (Phi) is 7.18. The maximum Gasteiger partial charge on any atom is 0.277 e. The molecule has 0 unspecified atom stereocenters. The Balaban J connectivity index is 1.61. The molecule has 0 aliphatic heterocycles. The van der Waals surface area contributed by atoms with Crippen molar-refractivity contribution in [3.63, 3.8) is 0 Å². The van der Waals surface area contributed by atoms with Crippen molar-refractivity contribution in [3.05, 3.63) is 113 Å². The molecule has 0 aromatic heterocycles. The van der Waals surface area contributed by atoms with Crippen LogP contribution in [0.1, 0.15) is 94.6 Å². The molecular formula is C37H36N4O8. The number of nitro groups is 2. The van der Waals surface area contributed by atoms with E-state index < -0.39 is 37.9 Å². The molecule has 1 spiro atoms. The Hall–Kier alpha value is -5.78. The smallest absolute Gasteiger partial charge is 0.277 e. The quantitative estimate of drug-likeness (QED) is 0.128. The number of fused-ring (bicyclic) bond motifs is 4. The van der Waals surface area contributed by atoms with E-state index in [1.807, 2.05) is 27.7 Å². The Bertz CT molecular complexity index is 2050. The largest absolute Gasteiger partial charge is 0.507 e. The Morgan fingerprint density at radius 2 is 1.00 bits per heavy atom. The van der Waals surface area contributed by atoms with Crippen LogP contribution in [0.3, 0.4) is 0 Å². The lowest BCUT2D eigenvalue weighted by atomic mass is 9.72. The molecule has 0 saturated heterocycles. The topological polar surface area (TPSA) is 213 Å². The van der Waals surface area contributed by atoms with Gasteiger partial charge in [-0.15, -0.1) is 0 Å². The summed E-state index contributed by atoms with van der Waals surface area (Å²) in [7, 11) is 0. The molecule has 12 heteroatoms. The average Bonchev–Trinajstić information content (AvgIpc) is 3.34. The molecule has 252 valence electrons. The highest BCUT2D eigenvalue weighted by atomic mass is 16.6. The molecule has 0 atom stereocenters. The molecule has 4 aromatic carbocycles. The van der Waals surface area contributed by atoms with Crippen LogP contribution >= 0.6 is 0 Å². The number of hydrogen-bond acceptors (Lipinski definition) is 8. The van der Waals surface area contributed by atoms with Crippen LogP contribution in [-0.2, 0) is 16.2 Å². The standard InChI is InChI=1S/C37H36N4O8/c1-17-19(33(38)44)7-9-27(40(46)47)31(17)21-11-23-25(13-29(21)42)37(15-35(23,3)4)16-36(5,6)24-12-22(30(43)14-26(24)37)32-18(2)20(34(39)45)8-10-28(32)41(48)49/h7-14,42-43H,15-16H2,1-6H3,(H2,38,44)(H2,39,45). The number of phenolic OH excluding ortho intramolecular Hbond substituents is 2. The van der Waals surface area contributed by atoms with Crippen LogP contribution in [0.15, 0.2) is 48.5 Å². The first-order valence-corrected chi connectivity index (χ1v) is 15.7. The average molecular weight is 665 g/mol. The summed E-state index contributed by atoms with van der Waals surface area (Å²) in [5, 5.41) is 47.5. The van der Waals surface area contributed by atoms with Gasteiger partial charge in [-0.3, -0.25) is 29.8 Å². The zero-order valence-corrected chi connectivity index (χ0v) is 27.9. The molecule has 0 saturated carbocycles. The number of nitrogens with zero attached hydrogens (tertiary/aromatic N) is 2. The van der Waals surface area contributed by atoms with Crippen molar-refractivity contribution in [2.45, 2.75) is 70.6 Å². The molecule has 0 fully saturated rings. The van der Waals surface area contributed by atoms with E-state index in [2.05, 4.69) is 0 Å². The number of carbonyl (C=O) groups is 2. The predicted octanol–water partition coefficient (Wildman–Crippen LogP) is 6.71. The second-order valence-electron chi connectivity index (χ2n) is 14.5. The van der Waals surface area contributed by atoms with Crippen LogP contribution in [0, 0.1) is 34.1 Å². The molecule has 6 rings (SSSR count). The maximum absolute atomic E-state index is 12.2. The third kappa shape index (κ3) is 4.73. The molecule has 2 aliphatic rings. The SMILES string of the molecule is Cc1c(C(N)=O)ccc([N+](=O)[O-])c1-c1cc2c(cc1O)C1(CC2(C)C)CC(C)(C)c2cc(-c3c([N+](=O)[O-])ccc(C(N)=O)c3C)c(O)cc21. The zero-order chi connectivity index (χ0) is 36.1. The van der Waals surface area contributed by atoms with Gasteiger partial charge < -0.3 is 21.7 Å². The highest BCUT2D eigenvalue weighted by Crippen LogP contribution is 2.65.